The molecule has 2 aromatic carbocycles. The van der Waals surface area contributed by atoms with Crippen molar-refractivity contribution in [1.29, 1.82) is 0 Å². The van der Waals surface area contributed by atoms with Gasteiger partial charge >= 0.3 is 0 Å². The molecule has 0 aromatic heterocycles. The fourth-order valence-electron chi connectivity index (χ4n) is 4.38. The van der Waals surface area contributed by atoms with E-state index in [9.17, 15) is 4.79 Å². The Morgan fingerprint density at radius 3 is 2.97 bits per heavy atom. The summed E-state index contributed by atoms with van der Waals surface area (Å²) in [6.45, 7) is 4.29. The maximum absolute atomic E-state index is 12.4. The number of halogens is 1. The largest absolute Gasteiger partial charge is 0.325 e. The average Bonchev–Trinajstić information content (AvgIpc) is 3.37. The van der Waals surface area contributed by atoms with Gasteiger partial charge in [-0.25, -0.2) is 5.43 Å². The zero-order chi connectivity index (χ0) is 22.2. The summed E-state index contributed by atoms with van der Waals surface area (Å²) in [5.74, 6) is 0.172. The van der Waals surface area contributed by atoms with Crippen LogP contribution < -0.4 is 16.2 Å². The lowest BCUT2D eigenvalue weighted by Gasteiger charge is -2.36. The number of carbonyl (C=O) groups excluding carboxylic acids is 1. The predicted molar refractivity (Wildman–Crippen MR) is 130 cm³/mol. The molecule has 1 saturated heterocycles. The number of fused-ring (bicyclic) bond motifs is 3. The molecule has 9 heteroatoms. The van der Waals surface area contributed by atoms with Crippen molar-refractivity contribution in [3.63, 3.8) is 0 Å². The van der Waals surface area contributed by atoms with Crippen LogP contribution >= 0.6 is 23.4 Å². The summed E-state index contributed by atoms with van der Waals surface area (Å²) in [5.41, 5.74) is 11.5. The molecule has 0 bridgehead atoms. The summed E-state index contributed by atoms with van der Waals surface area (Å²) < 4.78 is 0. The molecule has 3 aliphatic heterocycles. The monoisotopic (exact) mass is 468 g/mol. The number of nitrogens with one attached hydrogen (secondary N) is 3. The fraction of sp³-hybridized carbons (Fsp3) is 0.304. The molecular weight excluding hydrogens is 444 g/mol. The molecule has 0 saturated carbocycles. The van der Waals surface area contributed by atoms with Gasteiger partial charge in [0, 0.05) is 23.1 Å². The van der Waals surface area contributed by atoms with E-state index in [1.54, 1.807) is 12.1 Å². The van der Waals surface area contributed by atoms with Crippen LogP contribution in [0.3, 0.4) is 0 Å². The highest BCUT2D eigenvalue weighted by molar-refractivity contribution is 8.14. The second kappa shape index (κ2) is 8.69. The van der Waals surface area contributed by atoms with Crippen LogP contribution in [0.25, 0.3) is 0 Å². The number of hydrogen-bond donors (Lipinski definition) is 3. The number of rotatable bonds is 4. The highest BCUT2D eigenvalue weighted by Gasteiger charge is 2.44. The number of thioether (sulfide) groups is 1. The molecule has 166 valence electrons. The number of hydrazine groups is 1. The van der Waals surface area contributed by atoms with E-state index < -0.39 is 0 Å². The van der Waals surface area contributed by atoms with Gasteiger partial charge in [-0.05, 0) is 49.6 Å². The van der Waals surface area contributed by atoms with Crippen LogP contribution in [0, 0.1) is 13.8 Å². The molecule has 3 heterocycles. The van der Waals surface area contributed by atoms with Gasteiger partial charge in [-0.3, -0.25) is 10.2 Å². The topological polar surface area (TPSA) is 72.0 Å². The normalized spacial score (nSPS) is 23.5. The third-order valence-electron chi connectivity index (χ3n) is 5.96. The number of aryl methyl sites for hydroxylation is 2. The van der Waals surface area contributed by atoms with Crippen LogP contribution in [0.4, 0.5) is 5.69 Å². The lowest BCUT2D eigenvalue weighted by Crippen LogP contribution is -2.54. The van der Waals surface area contributed by atoms with Gasteiger partial charge in [0.2, 0.25) is 5.91 Å². The van der Waals surface area contributed by atoms with Crippen LogP contribution in [0.2, 0.25) is 5.02 Å². The van der Waals surface area contributed by atoms with Gasteiger partial charge in [-0.2, -0.15) is 5.10 Å². The first-order chi connectivity index (χ1) is 15.5. The third kappa shape index (κ3) is 4.18. The molecule has 0 aliphatic carbocycles. The van der Waals surface area contributed by atoms with Crippen molar-refractivity contribution in [2.24, 2.45) is 5.10 Å². The second-order valence-electron chi connectivity index (χ2n) is 8.27. The maximum Gasteiger partial charge on any atom is 0.234 e. The van der Waals surface area contributed by atoms with Gasteiger partial charge in [0.25, 0.3) is 0 Å². The molecule has 3 aliphatic rings. The quantitative estimate of drug-likeness (QED) is 0.631. The van der Waals surface area contributed by atoms with Gasteiger partial charge in [0.15, 0.2) is 5.17 Å². The van der Waals surface area contributed by atoms with Crippen LogP contribution in [-0.4, -0.2) is 38.9 Å². The number of amides is 1. The molecule has 5 rings (SSSR count). The van der Waals surface area contributed by atoms with Crippen LogP contribution in [0.5, 0.6) is 0 Å². The first-order valence-corrected chi connectivity index (χ1v) is 11.9. The number of amidine groups is 1. The molecule has 32 heavy (non-hydrogen) atoms. The molecule has 3 atom stereocenters. The van der Waals surface area contributed by atoms with Crippen molar-refractivity contribution in [3.05, 3.63) is 76.6 Å². The van der Waals surface area contributed by atoms with Crippen molar-refractivity contribution in [2.75, 3.05) is 11.1 Å². The molecular formula is C23H25ClN6OS. The van der Waals surface area contributed by atoms with E-state index in [1.807, 2.05) is 18.3 Å². The van der Waals surface area contributed by atoms with Crippen molar-refractivity contribution >= 4 is 40.1 Å². The summed E-state index contributed by atoms with van der Waals surface area (Å²) in [7, 11) is 0. The Kier molecular flexibility index (Phi) is 5.75. The second-order valence-corrected chi connectivity index (χ2v) is 9.65. The van der Waals surface area contributed by atoms with Crippen LogP contribution in [0.1, 0.15) is 29.2 Å². The Balaban J connectivity index is 1.20. The summed E-state index contributed by atoms with van der Waals surface area (Å²) in [4.78, 5) is 14.5. The molecule has 3 unspecified atom stereocenters. The van der Waals surface area contributed by atoms with Gasteiger partial charge in [0.05, 0.1) is 17.8 Å². The van der Waals surface area contributed by atoms with E-state index in [2.05, 4.69) is 69.4 Å². The summed E-state index contributed by atoms with van der Waals surface area (Å²) in [5, 5.41) is 10.9. The Labute approximate surface area is 196 Å². The number of hydrazone groups is 1. The fourth-order valence-corrected chi connectivity index (χ4v) is 5.35. The van der Waals surface area contributed by atoms with Crippen molar-refractivity contribution in [1.82, 2.24) is 20.8 Å². The van der Waals surface area contributed by atoms with Crippen molar-refractivity contribution < 1.29 is 4.79 Å². The summed E-state index contributed by atoms with van der Waals surface area (Å²) in [6.07, 6.45) is 5.06. The van der Waals surface area contributed by atoms with Gasteiger partial charge in [-0.1, -0.05) is 53.2 Å². The molecule has 1 amide bonds. The van der Waals surface area contributed by atoms with Crippen molar-refractivity contribution in [3.8, 4) is 0 Å². The third-order valence-corrected chi connectivity index (χ3v) is 7.16. The highest BCUT2D eigenvalue weighted by atomic mass is 35.5. The molecule has 3 N–H and O–H groups in total. The van der Waals surface area contributed by atoms with E-state index in [-0.39, 0.29) is 29.9 Å². The minimum atomic E-state index is -0.0939. The van der Waals surface area contributed by atoms with E-state index in [0.717, 1.165) is 11.6 Å². The molecule has 7 nitrogen and oxygen atoms in total. The first-order valence-electron chi connectivity index (χ1n) is 10.6. The number of carbonyl (C=O) groups is 1. The van der Waals surface area contributed by atoms with Crippen LogP contribution in [-0.2, 0) is 4.79 Å². The molecule has 2 aromatic rings. The average molecular weight is 469 g/mol. The van der Waals surface area contributed by atoms with Crippen LogP contribution in [0.15, 0.2) is 60.0 Å². The van der Waals surface area contributed by atoms with E-state index in [1.165, 1.54) is 28.5 Å². The lowest BCUT2D eigenvalue weighted by molar-refractivity contribution is -0.113. The Hall–Kier alpha value is -2.68. The maximum atomic E-state index is 12.4. The minimum absolute atomic E-state index is 0.0288. The number of anilines is 1. The van der Waals surface area contributed by atoms with E-state index in [0.29, 0.717) is 10.7 Å². The smallest absolute Gasteiger partial charge is 0.234 e. The molecule has 0 radical (unpaired) electrons. The minimum Gasteiger partial charge on any atom is -0.325 e. The zero-order valence-electron chi connectivity index (χ0n) is 17.9. The van der Waals surface area contributed by atoms with Gasteiger partial charge < -0.3 is 15.2 Å². The highest BCUT2D eigenvalue weighted by Crippen LogP contribution is 2.36. The Bertz CT molecular complexity index is 1110. The Morgan fingerprint density at radius 1 is 1.25 bits per heavy atom. The standard InChI is InChI=1S/C23H25ClN6OS/c1-14-6-7-15(2)18(10-14)19-12-20-22-26-27-23(29(22)8-9-30(20)28-19)32-13-21(31)25-17-5-3-4-16(24)11-17/h3-11,19-20,22,26,28H,12-13H2,1-2H3,(H,25,31). The van der Waals surface area contributed by atoms with E-state index in [4.69, 9.17) is 11.6 Å². The summed E-state index contributed by atoms with van der Waals surface area (Å²) in [6, 6.07) is 14.2. The SMILES string of the molecule is Cc1ccc(C)c(C2CC3C4NN=C(SCC(=O)Nc5cccc(Cl)c5)N4C=CN3N2)c1. The zero-order valence-corrected chi connectivity index (χ0v) is 19.5. The Morgan fingerprint density at radius 2 is 2.12 bits per heavy atom. The summed E-state index contributed by atoms with van der Waals surface area (Å²) >= 11 is 7.40. The number of hydrogen-bond acceptors (Lipinski definition) is 7. The first kappa shape index (κ1) is 21.2. The lowest BCUT2D eigenvalue weighted by atomic mass is 9.95. The van der Waals surface area contributed by atoms with Gasteiger partial charge in [0.1, 0.15) is 6.17 Å². The van der Waals surface area contributed by atoms with Gasteiger partial charge in [-0.15, -0.1) is 0 Å². The van der Waals surface area contributed by atoms with Crippen molar-refractivity contribution in [2.45, 2.75) is 38.5 Å². The number of nitrogens with zero attached hydrogens (tertiary/aromatic N) is 3. The predicted octanol–water partition coefficient (Wildman–Crippen LogP) is 3.94. The number of benzene rings is 2. The van der Waals surface area contributed by atoms with E-state index >= 15 is 0 Å². The molecule has 0 spiro atoms. The molecule has 1 fully saturated rings.